The summed E-state index contributed by atoms with van der Waals surface area (Å²) in [4.78, 5) is 50.1. The Morgan fingerprint density at radius 1 is 0.622 bits per heavy atom. The Balaban J connectivity index is 1.18. The van der Waals surface area contributed by atoms with Crippen LogP contribution < -0.4 is 22.5 Å². The number of nitrogens with one attached hydrogen (secondary N) is 2. The van der Waals surface area contributed by atoms with E-state index in [9.17, 15) is 57.9 Å². The first kappa shape index (κ1) is 35.7. The molecule has 0 radical (unpaired) electrons. The van der Waals surface area contributed by atoms with Gasteiger partial charge in [0.15, 0.2) is 12.5 Å². The largest absolute Gasteiger partial charge is 0.387 e. The van der Waals surface area contributed by atoms with Gasteiger partial charge in [0, 0.05) is 24.5 Å². The average Bonchev–Trinajstić information content (AvgIpc) is 3.40. The highest BCUT2D eigenvalue weighted by atomic mass is 31.2. The van der Waals surface area contributed by atoms with Gasteiger partial charge in [0.1, 0.15) is 36.6 Å². The Morgan fingerprint density at radius 3 is 1.33 bits per heavy atom. The molecule has 2 fully saturated rings. The highest BCUT2D eigenvalue weighted by Crippen LogP contribution is 2.51. The zero-order valence-corrected chi connectivity index (χ0v) is 26.1. The van der Waals surface area contributed by atoms with E-state index in [-0.39, 0.29) is 0 Å². The SMILES string of the molecule is O=c1ccn([C@@H]2O[C@H](CO[PH](=O)O[PH](=O)O[PH](=O)O[PH](=O)OC[C@H]3O[C@@H](n4ccc(=O)[nH]c4=O)C(O)[C@H]3O)[C@H](O)C2O)c(=O)[nH]1. The lowest BCUT2D eigenvalue weighted by atomic mass is 10.1. The third-order valence-corrected chi connectivity index (χ3v) is 11.0. The quantitative estimate of drug-likeness (QED) is 0.105. The van der Waals surface area contributed by atoms with Crippen molar-refractivity contribution in [3.63, 3.8) is 0 Å². The summed E-state index contributed by atoms with van der Waals surface area (Å²) < 4.78 is 82.9. The molecule has 0 saturated carbocycles. The van der Waals surface area contributed by atoms with Gasteiger partial charge in [-0.15, -0.1) is 0 Å². The summed E-state index contributed by atoms with van der Waals surface area (Å²) in [6.45, 7) is -1.43. The molecule has 2 aliphatic heterocycles. The van der Waals surface area contributed by atoms with Gasteiger partial charge in [0.25, 0.3) is 11.1 Å². The van der Waals surface area contributed by atoms with Crippen LogP contribution in [0, 0.1) is 0 Å². The van der Waals surface area contributed by atoms with Crippen LogP contribution in [0.25, 0.3) is 0 Å². The molecule has 45 heavy (non-hydrogen) atoms. The van der Waals surface area contributed by atoms with Gasteiger partial charge in [-0.05, 0) is 0 Å². The minimum Gasteiger partial charge on any atom is -0.387 e. The molecular weight excluding hydrogens is 700 g/mol. The van der Waals surface area contributed by atoms with E-state index in [4.69, 9.17) is 18.5 Å². The van der Waals surface area contributed by atoms with Crippen LogP contribution in [0.4, 0.5) is 0 Å². The molecule has 6 unspecified atom stereocenters. The number of ether oxygens (including phenoxy) is 2. The molecule has 0 aromatic carbocycles. The van der Waals surface area contributed by atoms with Gasteiger partial charge in [-0.1, -0.05) is 0 Å². The Bertz CT molecular complexity index is 1570. The summed E-state index contributed by atoms with van der Waals surface area (Å²) in [5.41, 5.74) is -3.34. The maximum atomic E-state index is 12.0. The highest BCUT2D eigenvalue weighted by Gasteiger charge is 2.45. The molecule has 6 N–H and O–H groups in total. The minimum absolute atomic E-state index is 0.714. The molecule has 0 aliphatic carbocycles. The standard InChI is InChI=1S/C18H26N4O19P4/c23-9-1-3-21(17(29)19-9)15-13(27)11(25)7(37-15)5-35-42(31)39-44(33)41-45(34)40-43(32)36-6-8-12(26)14(28)16(38-8)22-4-2-10(24)20-18(22)30/h1-4,7-8,11-16,25-28,42-45H,5-6H2,(H,19,23,29)(H,20,24,30)/t7-,8-,11+,12+,13?,14?,15-,16-/m1/s1. The molecule has 0 amide bonds. The maximum absolute atomic E-state index is 12.0. The lowest BCUT2D eigenvalue weighted by molar-refractivity contribution is -0.0517. The van der Waals surface area contributed by atoms with Crippen LogP contribution in [0.2, 0.25) is 0 Å². The lowest BCUT2D eigenvalue weighted by Crippen LogP contribution is -2.37. The fourth-order valence-electron chi connectivity index (χ4n) is 4.05. The van der Waals surface area contributed by atoms with Crippen LogP contribution in [-0.2, 0) is 49.7 Å². The van der Waals surface area contributed by atoms with E-state index in [0.717, 1.165) is 33.7 Å². The fourth-order valence-corrected chi connectivity index (χ4v) is 7.84. The van der Waals surface area contributed by atoms with Crippen molar-refractivity contribution in [1.29, 1.82) is 0 Å². The summed E-state index contributed by atoms with van der Waals surface area (Å²) in [7, 11) is -15.1. The van der Waals surface area contributed by atoms with E-state index in [1.54, 1.807) is 0 Å². The summed E-state index contributed by atoms with van der Waals surface area (Å²) in [5.74, 6) is 0. The predicted octanol–water partition coefficient (Wildman–Crippen LogP) is -3.03. The van der Waals surface area contributed by atoms with Crippen molar-refractivity contribution in [2.45, 2.75) is 49.1 Å². The van der Waals surface area contributed by atoms with Crippen LogP contribution in [0.5, 0.6) is 0 Å². The van der Waals surface area contributed by atoms with E-state index in [1.165, 1.54) is 0 Å². The smallest absolute Gasteiger partial charge is 0.333 e. The first-order valence-electron chi connectivity index (χ1n) is 12.4. The van der Waals surface area contributed by atoms with Gasteiger partial charge < -0.3 is 38.9 Å². The Hall–Kier alpha value is -2.16. The first-order valence-corrected chi connectivity index (χ1v) is 17.3. The van der Waals surface area contributed by atoms with E-state index in [0.29, 0.717) is 0 Å². The van der Waals surface area contributed by atoms with Crippen molar-refractivity contribution in [1.82, 2.24) is 19.1 Å². The second kappa shape index (κ2) is 15.6. The lowest BCUT2D eigenvalue weighted by Gasteiger charge is -2.16. The van der Waals surface area contributed by atoms with E-state index >= 15 is 0 Å². The van der Waals surface area contributed by atoms with Crippen molar-refractivity contribution < 1.29 is 70.1 Å². The number of hydrogen-bond donors (Lipinski definition) is 6. The normalized spacial score (nSPS) is 31.0. The molecule has 4 heterocycles. The van der Waals surface area contributed by atoms with Gasteiger partial charge in [-0.2, -0.15) is 0 Å². The van der Waals surface area contributed by atoms with Crippen molar-refractivity contribution in [3.05, 3.63) is 66.2 Å². The molecule has 2 aromatic heterocycles. The van der Waals surface area contributed by atoms with Crippen LogP contribution in [0.1, 0.15) is 12.5 Å². The van der Waals surface area contributed by atoms with Crippen molar-refractivity contribution in [2.24, 2.45) is 0 Å². The van der Waals surface area contributed by atoms with E-state index in [1.807, 2.05) is 9.97 Å². The third kappa shape index (κ3) is 9.01. The van der Waals surface area contributed by atoms with Crippen molar-refractivity contribution >= 4 is 33.0 Å². The summed E-state index contributed by atoms with van der Waals surface area (Å²) in [5, 5.41) is 40.7. The van der Waals surface area contributed by atoms with E-state index < -0.39 is 118 Å². The molecule has 27 heteroatoms. The van der Waals surface area contributed by atoms with Crippen LogP contribution in [0.3, 0.4) is 0 Å². The molecule has 252 valence electrons. The zero-order valence-electron chi connectivity index (χ0n) is 22.1. The highest BCUT2D eigenvalue weighted by molar-refractivity contribution is 7.56. The molecular formula is C18H26N4O19P4. The van der Waals surface area contributed by atoms with Crippen molar-refractivity contribution in [3.8, 4) is 0 Å². The van der Waals surface area contributed by atoms with Crippen LogP contribution in [-0.4, -0.2) is 89.4 Å². The predicted molar refractivity (Wildman–Crippen MR) is 146 cm³/mol. The number of aliphatic hydroxyl groups is 4. The number of rotatable bonds is 14. The first-order chi connectivity index (χ1) is 21.2. The Labute approximate surface area is 251 Å². The molecule has 4 rings (SSSR count). The van der Waals surface area contributed by atoms with Crippen LogP contribution in [0.15, 0.2) is 43.7 Å². The van der Waals surface area contributed by atoms with Gasteiger partial charge in [0.2, 0.25) is 0 Å². The number of hydrogen-bond acceptors (Lipinski definition) is 19. The number of aromatic nitrogens is 4. The van der Waals surface area contributed by atoms with Crippen LogP contribution >= 0.6 is 33.0 Å². The maximum Gasteiger partial charge on any atom is 0.333 e. The number of aromatic amines is 2. The monoisotopic (exact) mass is 726 g/mol. The second-order valence-electron chi connectivity index (χ2n) is 9.06. The fraction of sp³-hybridized carbons (Fsp3) is 0.556. The molecule has 2 saturated heterocycles. The van der Waals surface area contributed by atoms with E-state index in [2.05, 4.69) is 12.9 Å². The summed E-state index contributed by atoms with van der Waals surface area (Å²) >= 11 is 0. The average molecular weight is 726 g/mol. The molecule has 2 aromatic rings. The van der Waals surface area contributed by atoms with Gasteiger partial charge in [-0.25, -0.2) is 22.5 Å². The summed E-state index contributed by atoms with van der Waals surface area (Å²) in [6.07, 6.45) is -10.3. The second-order valence-corrected chi connectivity index (χ2v) is 14.1. The molecule has 0 bridgehead atoms. The topological polar surface area (TPSA) is 324 Å². The van der Waals surface area contributed by atoms with Gasteiger partial charge >= 0.3 is 44.4 Å². The Kier molecular flexibility index (Phi) is 12.4. The van der Waals surface area contributed by atoms with Crippen molar-refractivity contribution in [2.75, 3.05) is 13.2 Å². The number of H-pyrrole nitrogens is 2. The number of nitrogens with zero attached hydrogens (tertiary/aromatic N) is 2. The van der Waals surface area contributed by atoms with Gasteiger partial charge in [-0.3, -0.25) is 47.0 Å². The summed E-state index contributed by atoms with van der Waals surface area (Å²) in [6, 6.07) is 1.93. The molecule has 12 atom stereocenters. The molecule has 23 nitrogen and oxygen atoms in total. The zero-order chi connectivity index (χ0) is 33.0. The molecule has 2 aliphatic rings. The number of aliphatic hydroxyl groups excluding tert-OH is 4. The third-order valence-electron chi connectivity index (χ3n) is 6.16. The van der Waals surface area contributed by atoms with Gasteiger partial charge in [0.05, 0.1) is 13.2 Å². The minimum atomic E-state index is -3.85. The molecule has 0 spiro atoms. The Morgan fingerprint density at radius 2 is 0.978 bits per heavy atom.